The van der Waals surface area contributed by atoms with Crippen molar-refractivity contribution in [2.24, 2.45) is 4.99 Å². The molecule has 0 unspecified atom stereocenters. The maximum absolute atomic E-state index is 12.6. The van der Waals surface area contributed by atoms with Crippen LogP contribution in [0.1, 0.15) is 10.7 Å². The summed E-state index contributed by atoms with van der Waals surface area (Å²) >= 11 is 1.03. The predicted molar refractivity (Wildman–Crippen MR) is 124 cm³/mol. The van der Waals surface area contributed by atoms with E-state index in [2.05, 4.69) is 31.2 Å². The molecular weight excluding hydrogens is 530 g/mol. The van der Waals surface area contributed by atoms with E-state index in [-0.39, 0.29) is 24.0 Å². The molecule has 30 heavy (non-hydrogen) atoms. The Labute approximate surface area is 195 Å². The van der Waals surface area contributed by atoms with Crippen molar-refractivity contribution < 1.29 is 17.9 Å². The smallest absolute Gasteiger partial charge is 0.434 e. The van der Waals surface area contributed by atoms with E-state index >= 15 is 0 Å². The van der Waals surface area contributed by atoms with E-state index in [1.165, 1.54) is 0 Å². The van der Waals surface area contributed by atoms with Gasteiger partial charge in [-0.15, -0.1) is 35.3 Å². The molecule has 1 aromatic carbocycles. The molecular formula is C19H25F3IN5OS. The fraction of sp³-hybridized carbons (Fsp3) is 0.474. The Morgan fingerprint density at radius 2 is 2.00 bits per heavy atom. The normalized spacial score (nSPS) is 15.0. The highest BCUT2D eigenvalue weighted by Crippen LogP contribution is 2.30. The molecule has 1 saturated heterocycles. The van der Waals surface area contributed by atoms with Gasteiger partial charge >= 0.3 is 6.18 Å². The van der Waals surface area contributed by atoms with Crippen molar-refractivity contribution in [3.63, 3.8) is 0 Å². The third-order valence-corrected chi connectivity index (χ3v) is 5.58. The molecule has 1 aliphatic rings. The number of aromatic nitrogens is 1. The molecule has 1 N–H and O–H groups in total. The lowest BCUT2D eigenvalue weighted by molar-refractivity contribution is -0.140. The minimum Gasteiger partial charge on any atom is -0.497 e. The molecule has 0 saturated carbocycles. The second-order valence-electron chi connectivity index (χ2n) is 6.52. The molecule has 0 radical (unpaired) electrons. The van der Waals surface area contributed by atoms with Crippen molar-refractivity contribution >= 4 is 47.0 Å². The fourth-order valence-corrected chi connectivity index (χ4v) is 3.96. The first-order chi connectivity index (χ1) is 13.9. The quantitative estimate of drug-likeness (QED) is 0.347. The summed E-state index contributed by atoms with van der Waals surface area (Å²) in [6.45, 7) is 3.76. The average molecular weight is 555 g/mol. The van der Waals surface area contributed by atoms with Crippen LogP contribution in [0.3, 0.4) is 0 Å². The van der Waals surface area contributed by atoms with E-state index in [0.717, 1.165) is 60.3 Å². The van der Waals surface area contributed by atoms with Gasteiger partial charge < -0.3 is 19.9 Å². The molecule has 0 spiro atoms. The van der Waals surface area contributed by atoms with Gasteiger partial charge in [-0.1, -0.05) is 6.07 Å². The average Bonchev–Trinajstić information content (AvgIpc) is 3.21. The number of methoxy groups -OCH3 is 1. The zero-order valence-electron chi connectivity index (χ0n) is 16.8. The zero-order chi connectivity index (χ0) is 20.9. The SMILES string of the molecule is CN=C(NCCc1nc(C(F)(F)F)cs1)N1CCN(c2cccc(OC)c2)CC1.I. The van der Waals surface area contributed by atoms with Crippen molar-refractivity contribution in [1.82, 2.24) is 15.2 Å². The molecule has 1 aromatic heterocycles. The summed E-state index contributed by atoms with van der Waals surface area (Å²) < 4.78 is 43.2. The van der Waals surface area contributed by atoms with Gasteiger partial charge in [0.2, 0.25) is 0 Å². The Balaban J connectivity index is 0.00000320. The van der Waals surface area contributed by atoms with E-state index in [9.17, 15) is 13.2 Å². The number of hydrogen-bond donors (Lipinski definition) is 1. The first-order valence-electron chi connectivity index (χ1n) is 9.27. The zero-order valence-corrected chi connectivity index (χ0v) is 19.9. The summed E-state index contributed by atoms with van der Waals surface area (Å²) in [5, 5.41) is 4.75. The second kappa shape index (κ2) is 11.0. The van der Waals surface area contributed by atoms with E-state index in [4.69, 9.17) is 4.74 Å². The number of anilines is 1. The first-order valence-corrected chi connectivity index (χ1v) is 10.1. The largest absolute Gasteiger partial charge is 0.497 e. The van der Waals surface area contributed by atoms with Crippen LogP contribution in [0.25, 0.3) is 0 Å². The molecule has 11 heteroatoms. The summed E-state index contributed by atoms with van der Waals surface area (Å²) in [5.74, 6) is 1.58. The molecule has 166 valence electrons. The number of ether oxygens (including phenoxy) is 1. The van der Waals surface area contributed by atoms with Gasteiger partial charge in [-0.2, -0.15) is 13.2 Å². The molecule has 2 heterocycles. The summed E-state index contributed by atoms with van der Waals surface area (Å²) in [6, 6.07) is 7.98. The minimum atomic E-state index is -4.39. The lowest BCUT2D eigenvalue weighted by Crippen LogP contribution is -2.52. The Morgan fingerprint density at radius 1 is 1.27 bits per heavy atom. The number of nitrogens with zero attached hydrogens (tertiary/aromatic N) is 4. The molecule has 2 aromatic rings. The monoisotopic (exact) mass is 555 g/mol. The summed E-state index contributed by atoms with van der Waals surface area (Å²) in [4.78, 5) is 12.4. The summed E-state index contributed by atoms with van der Waals surface area (Å²) in [7, 11) is 3.37. The van der Waals surface area contributed by atoms with Crippen molar-refractivity contribution in [2.45, 2.75) is 12.6 Å². The Kier molecular flexibility index (Phi) is 9.01. The summed E-state index contributed by atoms with van der Waals surface area (Å²) in [5.41, 5.74) is 0.298. The maximum atomic E-state index is 12.6. The number of hydrogen-bond acceptors (Lipinski definition) is 5. The number of piperazine rings is 1. The Morgan fingerprint density at radius 3 is 2.60 bits per heavy atom. The van der Waals surface area contributed by atoms with Gasteiger partial charge in [-0.05, 0) is 12.1 Å². The molecule has 1 aliphatic heterocycles. The van der Waals surface area contributed by atoms with Crippen LogP contribution in [0.15, 0.2) is 34.6 Å². The van der Waals surface area contributed by atoms with Gasteiger partial charge in [0.25, 0.3) is 0 Å². The lowest BCUT2D eigenvalue weighted by atomic mass is 10.2. The van der Waals surface area contributed by atoms with Gasteiger partial charge in [-0.25, -0.2) is 4.98 Å². The van der Waals surface area contributed by atoms with Gasteiger partial charge in [0, 0.05) is 63.3 Å². The van der Waals surface area contributed by atoms with Crippen LogP contribution in [0.2, 0.25) is 0 Å². The molecule has 3 rings (SSSR count). The number of guanidine groups is 1. The van der Waals surface area contributed by atoms with Crippen molar-refractivity contribution in [2.75, 3.05) is 51.8 Å². The number of rotatable bonds is 5. The topological polar surface area (TPSA) is 53.0 Å². The van der Waals surface area contributed by atoms with Crippen LogP contribution in [0, 0.1) is 0 Å². The third kappa shape index (κ3) is 6.37. The second-order valence-corrected chi connectivity index (χ2v) is 7.47. The number of thiazole rings is 1. The van der Waals surface area contributed by atoms with E-state index < -0.39 is 11.9 Å². The van der Waals surface area contributed by atoms with Gasteiger partial charge in [0.05, 0.1) is 12.1 Å². The van der Waals surface area contributed by atoms with Crippen molar-refractivity contribution in [3.05, 3.63) is 40.3 Å². The first kappa shape index (κ1) is 24.5. The highest BCUT2D eigenvalue weighted by molar-refractivity contribution is 14.0. The third-order valence-electron chi connectivity index (χ3n) is 4.67. The molecule has 6 nitrogen and oxygen atoms in total. The van der Waals surface area contributed by atoms with Crippen molar-refractivity contribution in [3.8, 4) is 5.75 Å². The van der Waals surface area contributed by atoms with Crippen LogP contribution in [-0.4, -0.2) is 62.7 Å². The van der Waals surface area contributed by atoms with Crippen LogP contribution in [-0.2, 0) is 12.6 Å². The van der Waals surface area contributed by atoms with E-state index in [1.54, 1.807) is 14.2 Å². The highest BCUT2D eigenvalue weighted by Gasteiger charge is 2.33. The molecule has 0 amide bonds. The van der Waals surface area contributed by atoms with Gasteiger partial charge in [0.1, 0.15) is 5.75 Å². The fourth-order valence-electron chi connectivity index (χ4n) is 3.15. The number of aliphatic imine (C=N–C) groups is 1. The van der Waals surface area contributed by atoms with E-state index in [1.807, 2.05) is 18.2 Å². The standard InChI is InChI=1S/C19H24F3N5OS.HI/c1-23-18(24-7-6-17-25-16(13-29-17)19(20,21)22)27-10-8-26(9-11-27)14-4-3-5-15(12-14)28-2;/h3-5,12-13H,6-11H2,1-2H3,(H,23,24);1H. The van der Waals surface area contributed by atoms with Gasteiger partial charge in [-0.3, -0.25) is 4.99 Å². The summed E-state index contributed by atoms with van der Waals surface area (Å²) in [6.07, 6.45) is -3.97. The van der Waals surface area contributed by atoms with Crippen LogP contribution >= 0.6 is 35.3 Å². The number of benzene rings is 1. The molecule has 0 atom stereocenters. The lowest BCUT2D eigenvalue weighted by Gasteiger charge is -2.37. The predicted octanol–water partition coefficient (Wildman–Crippen LogP) is 3.73. The van der Waals surface area contributed by atoms with Crippen LogP contribution in [0.5, 0.6) is 5.75 Å². The number of nitrogens with one attached hydrogen (secondary N) is 1. The van der Waals surface area contributed by atoms with Crippen molar-refractivity contribution in [1.29, 1.82) is 0 Å². The number of alkyl halides is 3. The van der Waals surface area contributed by atoms with Crippen LogP contribution in [0.4, 0.5) is 18.9 Å². The molecule has 1 fully saturated rings. The van der Waals surface area contributed by atoms with Gasteiger partial charge in [0.15, 0.2) is 11.7 Å². The Hall–Kier alpha value is -1.76. The Bertz CT molecular complexity index is 838. The maximum Gasteiger partial charge on any atom is 0.434 e. The molecule has 0 aliphatic carbocycles. The number of halogens is 4. The highest BCUT2D eigenvalue weighted by atomic mass is 127. The molecule has 0 bridgehead atoms. The van der Waals surface area contributed by atoms with Crippen LogP contribution < -0.4 is 15.0 Å². The minimum absolute atomic E-state index is 0. The van der Waals surface area contributed by atoms with E-state index in [0.29, 0.717) is 18.0 Å².